The summed E-state index contributed by atoms with van der Waals surface area (Å²) >= 11 is 8.31. The van der Waals surface area contributed by atoms with Gasteiger partial charge in [-0.1, -0.05) is 34.6 Å². The Morgan fingerprint density at radius 1 is 1.48 bits per heavy atom. The Kier molecular flexibility index (Phi) is 5.24. The Morgan fingerprint density at radius 3 is 2.81 bits per heavy atom. The van der Waals surface area contributed by atoms with Gasteiger partial charge in [0.05, 0.1) is 5.69 Å². The number of benzene rings is 1. The lowest BCUT2D eigenvalue weighted by molar-refractivity contribution is 0.270. The molecule has 21 heavy (non-hydrogen) atoms. The van der Waals surface area contributed by atoms with Crippen molar-refractivity contribution in [2.75, 3.05) is 11.3 Å². The first-order chi connectivity index (χ1) is 9.81. The average molecular weight is 392 g/mol. The monoisotopic (exact) mass is 391 g/mol. The fraction of sp³-hybridized carbons (Fsp3) is 0.462. The van der Waals surface area contributed by atoms with Crippen molar-refractivity contribution in [3.8, 4) is 0 Å². The molecule has 1 aromatic rings. The summed E-state index contributed by atoms with van der Waals surface area (Å²) in [4.78, 5) is 0.153. The molecule has 0 aliphatic carbocycles. The van der Waals surface area contributed by atoms with Crippen LogP contribution < -0.4 is 10.5 Å². The third-order valence-corrected chi connectivity index (χ3v) is 5.89. The number of rotatable bonds is 4. The fourth-order valence-corrected chi connectivity index (χ4v) is 4.49. The molecule has 0 aromatic heterocycles. The van der Waals surface area contributed by atoms with Crippen LogP contribution in [0.2, 0.25) is 0 Å². The molecule has 3 N–H and O–H groups in total. The highest BCUT2D eigenvalue weighted by Crippen LogP contribution is 2.25. The molecule has 1 aliphatic rings. The van der Waals surface area contributed by atoms with Crippen LogP contribution in [0, 0.1) is 0 Å². The zero-order valence-corrected chi connectivity index (χ0v) is 14.9. The SMILES string of the molecule is CC1CCCCN1S(=O)(=O)Nc1ccc(Br)cc1C(N)=S. The van der Waals surface area contributed by atoms with Crippen LogP contribution in [0.5, 0.6) is 0 Å². The molecule has 1 atom stereocenters. The number of hydrogen-bond donors (Lipinski definition) is 2. The Bertz CT molecular complexity index is 649. The van der Waals surface area contributed by atoms with Gasteiger partial charge in [-0.05, 0) is 38.0 Å². The molecule has 1 heterocycles. The smallest absolute Gasteiger partial charge is 0.301 e. The molecular formula is C13H18BrN3O2S2. The molecule has 5 nitrogen and oxygen atoms in total. The molecule has 0 bridgehead atoms. The van der Waals surface area contributed by atoms with Gasteiger partial charge in [0.2, 0.25) is 0 Å². The van der Waals surface area contributed by atoms with E-state index in [9.17, 15) is 8.42 Å². The highest BCUT2D eigenvalue weighted by atomic mass is 79.9. The van der Waals surface area contributed by atoms with Crippen molar-refractivity contribution < 1.29 is 8.42 Å². The second-order valence-corrected chi connectivity index (χ2v) is 8.10. The van der Waals surface area contributed by atoms with Crippen molar-refractivity contribution in [1.82, 2.24) is 4.31 Å². The van der Waals surface area contributed by atoms with Crippen molar-refractivity contribution in [1.29, 1.82) is 0 Å². The van der Waals surface area contributed by atoms with E-state index in [4.69, 9.17) is 18.0 Å². The van der Waals surface area contributed by atoms with Crippen LogP contribution in [-0.2, 0) is 10.2 Å². The summed E-state index contributed by atoms with van der Waals surface area (Å²) in [5.41, 5.74) is 6.58. The topological polar surface area (TPSA) is 75.4 Å². The van der Waals surface area contributed by atoms with Crippen LogP contribution in [0.15, 0.2) is 22.7 Å². The van der Waals surface area contributed by atoms with Crippen LogP contribution >= 0.6 is 28.1 Å². The summed E-state index contributed by atoms with van der Waals surface area (Å²) in [6.07, 6.45) is 2.82. The first-order valence-corrected chi connectivity index (χ1v) is 9.34. The Hall–Kier alpha value is -0.700. The maximum atomic E-state index is 12.5. The molecule has 0 amide bonds. The second kappa shape index (κ2) is 6.60. The van der Waals surface area contributed by atoms with Gasteiger partial charge in [0.15, 0.2) is 0 Å². The zero-order valence-electron chi connectivity index (χ0n) is 11.7. The predicted octanol–water partition coefficient (Wildman–Crippen LogP) is 2.61. The van der Waals surface area contributed by atoms with Gasteiger partial charge in [0.25, 0.3) is 0 Å². The normalized spacial score (nSPS) is 20.2. The summed E-state index contributed by atoms with van der Waals surface area (Å²) in [5.74, 6) is 0. The standard InChI is InChI=1S/C13H18BrN3O2S2/c1-9-4-2-3-7-17(9)21(18,19)16-12-6-5-10(14)8-11(12)13(15)20/h5-6,8-9,16H,2-4,7H2,1H3,(H2,15,20). The molecule has 0 radical (unpaired) electrons. The minimum atomic E-state index is -3.60. The molecule has 2 rings (SSSR count). The Balaban J connectivity index is 2.30. The number of hydrogen-bond acceptors (Lipinski definition) is 3. The number of piperidine rings is 1. The van der Waals surface area contributed by atoms with E-state index in [1.807, 2.05) is 6.92 Å². The maximum Gasteiger partial charge on any atom is 0.301 e. The minimum Gasteiger partial charge on any atom is -0.389 e. The predicted molar refractivity (Wildman–Crippen MR) is 92.6 cm³/mol. The first-order valence-electron chi connectivity index (χ1n) is 6.70. The molecule has 0 saturated carbocycles. The van der Waals surface area contributed by atoms with Crippen molar-refractivity contribution in [3.05, 3.63) is 28.2 Å². The largest absolute Gasteiger partial charge is 0.389 e. The van der Waals surface area contributed by atoms with Crippen LogP contribution in [0.1, 0.15) is 31.7 Å². The van der Waals surface area contributed by atoms with Gasteiger partial charge in [0.1, 0.15) is 4.99 Å². The van der Waals surface area contributed by atoms with Gasteiger partial charge < -0.3 is 5.73 Å². The van der Waals surface area contributed by atoms with E-state index in [1.54, 1.807) is 18.2 Å². The van der Waals surface area contributed by atoms with E-state index in [1.165, 1.54) is 4.31 Å². The van der Waals surface area contributed by atoms with Crippen molar-refractivity contribution >= 4 is 49.0 Å². The minimum absolute atomic E-state index is 0.0000218. The summed E-state index contributed by atoms with van der Waals surface area (Å²) in [5, 5.41) is 0. The Morgan fingerprint density at radius 2 is 2.19 bits per heavy atom. The fourth-order valence-electron chi connectivity index (χ4n) is 2.44. The van der Waals surface area contributed by atoms with Crippen LogP contribution in [0.3, 0.4) is 0 Å². The summed E-state index contributed by atoms with van der Waals surface area (Å²) in [6, 6.07) is 5.11. The molecular weight excluding hydrogens is 374 g/mol. The highest BCUT2D eigenvalue weighted by Gasteiger charge is 2.30. The third-order valence-electron chi connectivity index (χ3n) is 3.54. The van der Waals surface area contributed by atoms with Crippen molar-refractivity contribution in [2.45, 2.75) is 32.2 Å². The van der Waals surface area contributed by atoms with E-state index < -0.39 is 10.2 Å². The van der Waals surface area contributed by atoms with E-state index in [-0.39, 0.29) is 11.0 Å². The average Bonchev–Trinajstić information content (AvgIpc) is 2.40. The summed E-state index contributed by atoms with van der Waals surface area (Å²) < 4.78 is 30.0. The molecule has 116 valence electrons. The Labute approximate surface area is 139 Å². The van der Waals surface area contributed by atoms with Crippen LogP contribution in [0.25, 0.3) is 0 Å². The molecule has 8 heteroatoms. The van der Waals surface area contributed by atoms with E-state index in [2.05, 4.69) is 20.7 Å². The molecule has 0 spiro atoms. The van der Waals surface area contributed by atoms with Crippen LogP contribution in [0.4, 0.5) is 5.69 Å². The van der Waals surface area contributed by atoms with Crippen LogP contribution in [-0.4, -0.2) is 30.3 Å². The zero-order chi connectivity index (χ0) is 15.6. The lowest BCUT2D eigenvalue weighted by Gasteiger charge is -2.32. The van der Waals surface area contributed by atoms with E-state index in [0.717, 1.165) is 23.7 Å². The quantitative estimate of drug-likeness (QED) is 0.773. The molecule has 1 unspecified atom stereocenters. The summed E-state index contributed by atoms with van der Waals surface area (Å²) in [6.45, 7) is 2.46. The number of nitrogens with zero attached hydrogens (tertiary/aromatic N) is 1. The molecule has 1 saturated heterocycles. The number of anilines is 1. The van der Waals surface area contributed by atoms with Gasteiger partial charge in [-0.3, -0.25) is 4.72 Å². The molecule has 1 aromatic carbocycles. The van der Waals surface area contributed by atoms with Gasteiger partial charge in [-0.25, -0.2) is 0 Å². The molecule has 1 fully saturated rings. The summed E-state index contributed by atoms with van der Waals surface area (Å²) in [7, 11) is -3.60. The van der Waals surface area contributed by atoms with Gasteiger partial charge in [-0.15, -0.1) is 0 Å². The lowest BCUT2D eigenvalue weighted by Crippen LogP contribution is -2.45. The van der Waals surface area contributed by atoms with Gasteiger partial charge >= 0.3 is 10.2 Å². The van der Waals surface area contributed by atoms with E-state index in [0.29, 0.717) is 17.8 Å². The van der Waals surface area contributed by atoms with Crippen molar-refractivity contribution in [2.24, 2.45) is 5.73 Å². The first kappa shape index (κ1) is 16.7. The highest BCUT2D eigenvalue weighted by molar-refractivity contribution is 9.10. The maximum absolute atomic E-state index is 12.5. The van der Waals surface area contributed by atoms with Gasteiger partial charge in [-0.2, -0.15) is 12.7 Å². The number of thiocarbonyl (C=S) groups is 1. The third kappa shape index (κ3) is 3.94. The number of nitrogens with two attached hydrogens (primary N) is 1. The number of halogens is 1. The lowest BCUT2D eigenvalue weighted by atomic mass is 10.1. The van der Waals surface area contributed by atoms with E-state index >= 15 is 0 Å². The van der Waals surface area contributed by atoms with Gasteiger partial charge in [0, 0.05) is 22.6 Å². The number of nitrogens with one attached hydrogen (secondary N) is 1. The van der Waals surface area contributed by atoms with Crippen molar-refractivity contribution in [3.63, 3.8) is 0 Å². The second-order valence-electron chi connectivity index (χ2n) is 5.12. The molecule has 1 aliphatic heterocycles.